The van der Waals surface area contributed by atoms with Gasteiger partial charge in [0, 0.05) is 30.0 Å². The van der Waals surface area contributed by atoms with E-state index < -0.39 is 17.7 Å². The highest BCUT2D eigenvalue weighted by Gasteiger charge is 2.38. The van der Waals surface area contributed by atoms with E-state index in [1.165, 1.54) is 12.1 Å². The van der Waals surface area contributed by atoms with E-state index in [9.17, 15) is 22.8 Å². The SMILES string of the molecule is CCOc1ccc(C2CC(=O)C3=C(C2)NC(=O)CC3c2ccc(C(F)(F)F)cc2)cc1. The Morgan fingerprint density at radius 2 is 1.58 bits per heavy atom. The molecule has 4 rings (SSSR count). The first-order valence-corrected chi connectivity index (χ1v) is 10.2. The second-order valence-electron chi connectivity index (χ2n) is 7.85. The van der Waals surface area contributed by atoms with E-state index in [2.05, 4.69) is 5.32 Å². The van der Waals surface area contributed by atoms with E-state index in [1.807, 2.05) is 31.2 Å². The lowest BCUT2D eigenvalue weighted by Crippen LogP contribution is -2.38. The minimum atomic E-state index is -4.43. The van der Waals surface area contributed by atoms with Gasteiger partial charge in [-0.25, -0.2) is 0 Å². The van der Waals surface area contributed by atoms with Gasteiger partial charge in [0.05, 0.1) is 12.2 Å². The number of hydrogen-bond donors (Lipinski definition) is 1. The number of Topliss-reactive ketones (excluding diaryl/α,β-unsaturated/α-hetero) is 1. The average molecular weight is 429 g/mol. The van der Waals surface area contributed by atoms with Gasteiger partial charge < -0.3 is 10.1 Å². The predicted molar refractivity (Wildman–Crippen MR) is 109 cm³/mol. The Labute approximate surface area is 178 Å². The molecule has 162 valence electrons. The molecule has 31 heavy (non-hydrogen) atoms. The third-order valence-corrected chi connectivity index (χ3v) is 5.84. The number of ketones is 1. The first-order chi connectivity index (χ1) is 14.8. The number of nitrogens with one attached hydrogen (secondary N) is 1. The van der Waals surface area contributed by atoms with Crippen LogP contribution in [0.1, 0.15) is 54.7 Å². The molecule has 2 unspecified atom stereocenters. The van der Waals surface area contributed by atoms with Crippen LogP contribution in [0, 0.1) is 0 Å². The maximum absolute atomic E-state index is 13.1. The number of hydrogen-bond acceptors (Lipinski definition) is 3. The summed E-state index contributed by atoms with van der Waals surface area (Å²) in [7, 11) is 0. The number of rotatable bonds is 4. The van der Waals surface area contributed by atoms with Crippen LogP contribution < -0.4 is 10.1 Å². The molecule has 2 aromatic carbocycles. The molecule has 0 aromatic heterocycles. The van der Waals surface area contributed by atoms with E-state index in [4.69, 9.17) is 4.74 Å². The van der Waals surface area contributed by atoms with Gasteiger partial charge in [-0.2, -0.15) is 13.2 Å². The van der Waals surface area contributed by atoms with Gasteiger partial charge in [0.15, 0.2) is 5.78 Å². The highest BCUT2D eigenvalue weighted by Crippen LogP contribution is 2.43. The third-order valence-electron chi connectivity index (χ3n) is 5.84. The number of ether oxygens (including phenoxy) is 1. The zero-order chi connectivity index (χ0) is 22.2. The summed E-state index contributed by atoms with van der Waals surface area (Å²) in [6, 6.07) is 12.3. The van der Waals surface area contributed by atoms with Crippen LogP contribution in [0.3, 0.4) is 0 Å². The van der Waals surface area contributed by atoms with Crippen LogP contribution >= 0.6 is 0 Å². The van der Waals surface area contributed by atoms with Crippen molar-refractivity contribution in [2.75, 3.05) is 6.61 Å². The van der Waals surface area contributed by atoms with Crippen molar-refractivity contribution in [2.24, 2.45) is 0 Å². The standard InChI is InChI=1S/C24H22F3NO3/c1-2-31-18-9-5-14(6-10-18)16-11-20-23(21(29)12-16)19(13-22(30)28-20)15-3-7-17(8-4-15)24(25,26)27/h3-10,16,19H,2,11-13H2,1H3,(H,28,30). The maximum atomic E-state index is 13.1. The van der Waals surface area contributed by atoms with Gasteiger partial charge in [0.25, 0.3) is 0 Å². The number of amides is 1. The fourth-order valence-corrected chi connectivity index (χ4v) is 4.39. The number of carbonyl (C=O) groups excluding carboxylic acids is 2. The number of alkyl halides is 3. The smallest absolute Gasteiger partial charge is 0.416 e. The van der Waals surface area contributed by atoms with Crippen molar-refractivity contribution in [3.63, 3.8) is 0 Å². The second-order valence-corrected chi connectivity index (χ2v) is 7.85. The number of halogens is 3. The molecular weight excluding hydrogens is 407 g/mol. The molecule has 0 bridgehead atoms. The molecule has 0 fully saturated rings. The molecule has 1 aliphatic heterocycles. The molecule has 0 saturated carbocycles. The van der Waals surface area contributed by atoms with Crippen molar-refractivity contribution < 1.29 is 27.5 Å². The molecule has 1 heterocycles. The summed E-state index contributed by atoms with van der Waals surface area (Å²) in [5, 5.41) is 2.83. The molecule has 0 spiro atoms. The van der Waals surface area contributed by atoms with Crippen molar-refractivity contribution >= 4 is 11.7 Å². The number of benzene rings is 2. The zero-order valence-corrected chi connectivity index (χ0v) is 17.0. The molecule has 2 aliphatic rings. The molecular formula is C24H22F3NO3. The fourth-order valence-electron chi connectivity index (χ4n) is 4.39. The first kappa shape index (κ1) is 21.2. The van der Waals surface area contributed by atoms with Gasteiger partial charge in [-0.3, -0.25) is 9.59 Å². The quantitative estimate of drug-likeness (QED) is 0.735. The first-order valence-electron chi connectivity index (χ1n) is 10.2. The Kier molecular flexibility index (Phi) is 5.60. The average Bonchev–Trinajstić information content (AvgIpc) is 2.73. The molecule has 1 N–H and O–H groups in total. The molecule has 1 amide bonds. The molecule has 0 radical (unpaired) electrons. The van der Waals surface area contributed by atoms with Crippen LogP contribution in [0.25, 0.3) is 0 Å². The van der Waals surface area contributed by atoms with Gasteiger partial charge in [-0.1, -0.05) is 24.3 Å². The van der Waals surface area contributed by atoms with Crippen LogP contribution in [0.15, 0.2) is 59.8 Å². The van der Waals surface area contributed by atoms with E-state index in [1.54, 1.807) is 0 Å². The van der Waals surface area contributed by atoms with Crippen molar-refractivity contribution in [1.82, 2.24) is 5.32 Å². The van der Waals surface area contributed by atoms with Gasteiger partial charge in [-0.15, -0.1) is 0 Å². The van der Waals surface area contributed by atoms with Gasteiger partial charge >= 0.3 is 6.18 Å². The minimum Gasteiger partial charge on any atom is -0.494 e. The van der Waals surface area contributed by atoms with Crippen molar-refractivity contribution in [2.45, 2.75) is 44.2 Å². The minimum absolute atomic E-state index is 0.0453. The molecule has 2 atom stereocenters. The summed E-state index contributed by atoms with van der Waals surface area (Å²) in [6.07, 6.45) is -3.60. The molecule has 4 nitrogen and oxygen atoms in total. The predicted octanol–water partition coefficient (Wildman–Crippen LogP) is 5.11. The lowest BCUT2D eigenvalue weighted by Gasteiger charge is -2.34. The van der Waals surface area contributed by atoms with Crippen LogP contribution in [0.2, 0.25) is 0 Å². The third kappa shape index (κ3) is 4.36. The molecule has 0 saturated heterocycles. The normalized spacial score (nSPS) is 21.5. The largest absolute Gasteiger partial charge is 0.494 e. The summed E-state index contributed by atoms with van der Waals surface area (Å²) in [6.45, 7) is 2.47. The second kappa shape index (κ2) is 8.21. The van der Waals surface area contributed by atoms with E-state index in [-0.39, 0.29) is 24.0 Å². The maximum Gasteiger partial charge on any atom is 0.416 e. The van der Waals surface area contributed by atoms with Gasteiger partial charge in [-0.05, 0) is 54.7 Å². The van der Waals surface area contributed by atoms with Crippen LogP contribution in [0.4, 0.5) is 13.2 Å². The van der Waals surface area contributed by atoms with E-state index >= 15 is 0 Å². The summed E-state index contributed by atoms with van der Waals surface area (Å²) < 4.78 is 44.1. The number of carbonyl (C=O) groups is 2. The highest BCUT2D eigenvalue weighted by molar-refractivity contribution is 6.02. The summed E-state index contributed by atoms with van der Waals surface area (Å²) >= 11 is 0. The highest BCUT2D eigenvalue weighted by atomic mass is 19.4. The Morgan fingerprint density at radius 3 is 2.19 bits per heavy atom. The summed E-state index contributed by atoms with van der Waals surface area (Å²) in [4.78, 5) is 25.4. The van der Waals surface area contributed by atoms with Crippen LogP contribution in [-0.2, 0) is 15.8 Å². The molecule has 2 aromatic rings. The monoisotopic (exact) mass is 429 g/mol. The van der Waals surface area contributed by atoms with Crippen LogP contribution in [0.5, 0.6) is 5.75 Å². The summed E-state index contributed by atoms with van der Waals surface area (Å²) in [5.74, 6) is -0.163. The number of allylic oxidation sites excluding steroid dienone is 2. The summed E-state index contributed by atoms with van der Waals surface area (Å²) in [5.41, 5.74) is 1.87. The molecule has 7 heteroatoms. The topological polar surface area (TPSA) is 55.4 Å². The van der Waals surface area contributed by atoms with Crippen LogP contribution in [-0.4, -0.2) is 18.3 Å². The van der Waals surface area contributed by atoms with E-state index in [0.29, 0.717) is 36.3 Å². The lowest BCUT2D eigenvalue weighted by atomic mass is 9.73. The van der Waals surface area contributed by atoms with Crippen molar-refractivity contribution in [3.05, 3.63) is 76.5 Å². The van der Waals surface area contributed by atoms with Gasteiger partial charge in [0.2, 0.25) is 5.91 Å². The Hall–Kier alpha value is -3.09. The lowest BCUT2D eigenvalue weighted by molar-refractivity contribution is -0.137. The fraction of sp³-hybridized carbons (Fsp3) is 0.333. The zero-order valence-electron chi connectivity index (χ0n) is 17.0. The van der Waals surface area contributed by atoms with Crippen molar-refractivity contribution in [1.29, 1.82) is 0 Å². The molecule has 1 aliphatic carbocycles. The Morgan fingerprint density at radius 1 is 0.935 bits per heavy atom. The van der Waals surface area contributed by atoms with Gasteiger partial charge in [0.1, 0.15) is 5.75 Å². The van der Waals surface area contributed by atoms with E-state index in [0.717, 1.165) is 23.4 Å². The van der Waals surface area contributed by atoms with Crippen molar-refractivity contribution in [3.8, 4) is 5.75 Å². The Balaban J connectivity index is 1.62. The Bertz CT molecular complexity index is 1020.